The zero-order valence-corrected chi connectivity index (χ0v) is 10.3. The number of benzene rings is 1. The summed E-state index contributed by atoms with van der Waals surface area (Å²) in [6.07, 6.45) is 0. The smallest absolute Gasteiger partial charge is 0.201 e. The number of pyridine rings is 1. The molecule has 0 radical (unpaired) electrons. The van der Waals surface area contributed by atoms with Gasteiger partial charge in [-0.2, -0.15) is 13.8 Å². The second-order valence-corrected chi connectivity index (χ2v) is 4.48. The number of halogens is 4. The number of rotatable bonds is 2. The maximum absolute atomic E-state index is 13.6. The molecule has 0 saturated carbocycles. The zero-order valence-electron chi connectivity index (χ0n) is 10.3. The molecule has 0 bridgehead atoms. The van der Waals surface area contributed by atoms with Gasteiger partial charge in [-0.3, -0.25) is 0 Å². The van der Waals surface area contributed by atoms with E-state index in [4.69, 9.17) is 0 Å². The van der Waals surface area contributed by atoms with Crippen LogP contribution in [0.15, 0.2) is 24.3 Å². The Balaban J connectivity index is 2.68. The van der Waals surface area contributed by atoms with E-state index < -0.39 is 29.1 Å². The lowest BCUT2D eigenvalue weighted by Crippen LogP contribution is -2.03. The maximum atomic E-state index is 13.6. The molecule has 0 aliphatic rings. The van der Waals surface area contributed by atoms with Crippen LogP contribution in [0, 0.1) is 23.5 Å². The molecule has 1 heterocycles. The van der Waals surface area contributed by atoms with Gasteiger partial charge >= 0.3 is 0 Å². The summed E-state index contributed by atoms with van der Waals surface area (Å²) in [6, 6.07) is 6.26. The molecule has 0 atom stereocenters. The standard InChI is InChI=1S/C14H11F4N/c1-7(2)8-4-3-5-9(6-8)10-11(15)13(17)19-14(18)12(10)16/h3-7H,1-2H3. The molecular formula is C14H11F4N. The Morgan fingerprint density at radius 3 is 2.05 bits per heavy atom. The van der Waals surface area contributed by atoms with Crippen molar-refractivity contribution in [3.8, 4) is 11.1 Å². The second kappa shape index (κ2) is 4.99. The minimum absolute atomic E-state index is 0.0846. The molecule has 0 N–H and O–H groups in total. The van der Waals surface area contributed by atoms with E-state index in [1.54, 1.807) is 12.1 Å². The molecule has 0 aliphatic carbocycles. The largest absolute Gasteiger partial charge is 0.252 e. The van der Waals surface area contributed by atoms with Crippen molar-refractivity contribution in [1.29, 1.82) is 0 Å². The average molecular weight is 269 g/mol. The summed E-state index contributed by atoms with van der Waals surface area (Å²) in [5.41, 5.74) is 0.169. The summed E-state index contributed by atoms with van der Waals surface area (Å²) in [5.74, 6) is -6.14. The van der Waals surface area contributed by atoms with Crippen LogP contribution in [-0.4, -0.2) is 4.98 Å². The van der Waals surface area contributed by atoms with Gasteiger partial charge in [-0.15, -0.1) is 0 Å². The number of hydrogen-bond acceptors (Lipinski definition) is 1. The molecule has 1 aromatic heterocycles. The van der Waals surface area contributed by atoms with Crippen molar-refractivity contribution >= 4 is 0 Å². The normalized spacial score (nSPS) is 11.1. The first-order valence-corrected chi connectivity index (χ1v) is 5.72. The molecule has 0 saturated heterocycles. The van der Waals surface area contributed by atoms with Crippen molar-refractivity contribution in [2.24, 2.45) is 0 Å². The predicted octanol–water partition coefficient (Wildman–Crippen LogP) is 4.43. The quantitative estimate of drug-likeness (QED) is 0.580. The van der Waals surface area contributed by atoms with Crippen LogP contribution in [0.4, 0.5) is 17.6 Å². The van der Waals surface area contributed by atoms with E-state index in [9.17, 15) is 17.6 Å². The fourth-order valence-electron chi connectivity index (χ4n) is 1.79. The van der Waals surface area contributed by atoms with Crippen LogP contribution in [0.1, 0.15) is 25.3 Å². The zero-order chi connectivity index (χ0) is 14.2. The van der Waals surface area contributed by atoms with E-state index >= 15 is 0 Å². The van der Waals surface area contributed by atoms with Crippen molar-refractivity contribution in [1.82, 2.24) is 4.98 Å². The molecule has 1 nitrogen and oxygen atoms in total. The molecule has 0 aliphatic heterocycles. The van der Waals surface area contributed by atoms with Crippen LogP contribution in [0.2, 0.25) is 0 Å². The number of aromatic nitrogens is 1. The highest BCUT2D eigenvalue weighted by Gasteiger charge is 2.22. The minimum atomic E-state index is -1.65. The van der Waals surface area contributed by atoms with Crippen LogP contribution < -0.4 is 0 Å². The first-order valence-electron chi connectivity index (χ1n) is 5.72. The molecule has 100 valence electrons. The summed E-state index contributed by atoms with van der Waals surface area (Å²) in [4.78, 5) is 2.53. The monoisotopic (exact) mass is 269 g/mol. The Morgan fingerprint density at radius 1 is 0.947 bits per heavy atom. The van der Waals surface area contributed by atoms with Gasteiger partial charge in [0.15, 0.2) is 11.6 Å². The van der Waals surface area contributed by atoms with Gasteiger partial charge in [-0.05, 0) is 17.0 Å². The third kappa shape index (κ3) is 2.45. The fraction of sp³-hybridized carbons (Fsp3) is 0.214. The molecule has 1 aromatic carbocycles. The van der Waals surface area contributed by atoms with E-state index in [1.807, 2.05) is 13.8 Å². The first-order chi connectivity index (χ1) is 8.91. The van der Waals surface area contributed by atoms with Crippen molar-refractivity contribution in [2.45, 2.75) is 19.8 Å². The lowest BCUT2D eigenvalue weighted by molar-refractivity contribution is 0.410. The summed E-state index contributed by atoms with van der Waals surface area (Å²) >= 11 is 0. The third-order valence-corrected chi connectivity index (χ3v) is 2.84. The molecule has 5 heteroatoms. The van der Waals surface area contributed by atoms with E-state index in [0.717, 1.165) is 5.56 Å². The van der Waals surface area contributed by atoms with Gasteiger partial charge in [0.05, 0.1) is 5.56 Å². The molecule has 0 amide bonds. The van der Waals surface area contributed by atoms with Gasteiger partial charge < -0.3 is 0 Å². The Bertz CT molecular complexity index is 597. The van der Waals surface area contributed by atoms with Gasteiger partial charge in [0.2, 0.25) is 0 Å². The van der Waals surface area contributed by atoms with E-state index in [0.29, 0.717) is 0 Å². The molecular weight excluding hydrogens is 258 g/mol. The van der Waals surface area contributed by atoms with Crippen molar-refractivity contribution < 1.29 is 17.6 Å². The number of nitrogens with zero attached hydrogens (tertiary/aromatic N) is 1. The van der Waals surface area contributed by atoms with Crippen LogP contribution >= 0.6 is 0 Å². The molecule has 19 heavy (non-hydrogen) atoms. The maximum Gasteiger partial charge on any atom is 0.252 e. The van der Waals surface area contributed by atoms with Crippen molar-refractivity contribution in [3.63, 3.8) is 0 Å². The Morgan fingerprint density at radius 2 is 1.53 bits per heavy atom. The van der Waals surface area contributed by atoms with Gasteiger partial charge in [0.1, 0.15) is 0 Å². The van der Waals surface area contributed by atoms with Gasteiger partial charge in [0.25, 0.3) is 11.9 Å². The Hall–Kier alpha value is -1.91. The van der Waals surface area contributed by atoms with Crippen LogP contribution in [0.25, 0.3) is 11.1 Å². The summed E-state index contributed by atoms with van der Waals surface area (Å²) in [6.45, 7) is 3.80. The lowest BCUT2D eigenvalue weighted by atomic mass is 9.97. The lowest BCUT2D eigenvalue weighted by Gasteiger charge is -2.10. The van der Waals surface area contributed by atoms with E-state index in [-0.39, 0.29) is 11.5 Å². The van der Waals surface area contributed by atoms with Gasteiger partial charge in [0, 0.05) is 0 Å². The minimum Gasteiger partial charge on any atom is -0.201 e. The predicted molar refractivity (Wildman–Crippen MR) is 63.6 cm³/mol. The number of hydrogen-bond donors (Lipinski definition) is 0. The Kier molecular flexibility index (Phi) is 3.55. The SMILES string of the molecule is CC(C)c1cccc(-c2c(F)c(F)nc(F)c2F)c1. The van der Waals surface area contributed by atoms with Crippen LogP contribution in [-0.2, 0) is 0 Å². The van der Waals surface area contributed by atoms with E-state index in [2.05, 4.69) is 4.98 Å². The first kappa shape index (κ1) is 13.5. The highest BCUT2D eigenvalue weighted by Crippen LogP contribution is 2.30. The van der Waals surface area contributed by atoms with Crippen molar-refractivity contribution in [3.05, 3.63) is 53.4 Å². The molecule has 2 aromatic rings. The highest BCUT2D eigenvalue weighted by atomic mass is 19.2. The topological polar surface area (TPSA) is 12.9 Å². The molecule has 0 spiro atoms. The van der Waals surface area contributed by atoms with Crippen LogP contribution in [0.5, 0.6) is 0 Å². The third-order valence-electron chi connectivity index (χ3n) is 2.84. The van der Waals surface area contributed by atoms with Crippen LogP contribution in [0.3, 0.4) is 0 Å². The average Bonchev–Trinajstić information content (AvgIpc) is 2.37. The fourth-order valence-corrected chi connectivity index (χ4v) is 1.79. The molecule has 0 fully saturated rings. The summed E-state index contributed by atoms with van der Waals surface area (Å²) in [7, 11) is 0. The highest BCUT2D eigenvalue weighted by molar-refractivity contribution is 5.65. The molecule has 0 unspecified atom stereocenters. The molecule has 2 rings (SSSR count). The van der Waals surface area contributed by atoms with Crippen molar-refractivity contribution in [2.75, 3.05) is 0 Å². The van der Waals surface area contributed by atoms with Gasteiger partial charge in [-0.25, -0.2) is 8.78 Å². The van der Waals surface area contributed by atoms with E-state index in [1.165, 1.54) is 12.1 Å². The second-order valence-electron chi connectivity index (χ2n) is 4.48. The summed E-state index contributed by atoms with van der Waals surface area (Å²) in [5, 5.41) is 0. The van der Waals surface area contributed by atoms with Gasteiger partial charge in [-0.1, -0.05) is 38.1 Å². The summed E-state index contributed by atoms with van der Waals surface area (Å²) < 4.78 is 53.4. The Labute approximate surface area is 107 Å².